The Hall–Kier alpha value is -2.87. The van der Waals surface area contributed by atoms with Gasteiger partial charge in [-0.25, -0.2) is 18.7 Å². The highest BCUT2D eigenvalue weighted by molar-refractivity contribution is 6.04. The fraction of sp³-hybridized carbons (Fsp3) is 0.350. The SMILES string of the molecule is CC/C(=C/C(=N)c1ncc(F)c(NCC(O)CC)n1)NCc1ccccc1F. The van der Waals surface area contributed by atoms with Crippen molar-refractivity contribution in [1.29, 1.82) is 5.41 Å². The van der Waals surface area contributed by atoms with Crippen molar-refractivity contribution >= 4 is 11.5 Å². The zero-order valence-corrected chi connectivity index (χ0v) is 16.0. The third kappa shape index (κ3) is 6.09. The fourth-order valence-corrected chi connectivity index (χ4v) is 2.35. The molecule has 4 N–H and O–H groups in total. The predicted octanol–water partition coefficient (Wildman–Crippen LogP) is 3.39. The van der Waals surface area contributed by atoms with Crippen molar-refractivity contribution < 1.29 is 13.9 Å². The molecular weight excluding hydrogens is 364 g/mol. The van der Waals surface area contributed by atoms with E-state index >= 15 is 0 Å². The molecule has 0 fully saturated rings. The van der Waals surface area contributed by atoms with E-state index in [1.165, 1.54) is 6.07 Å². The summed E-state index contributed by atoms with van der Waals surface area (Å²) in [5, 5.41) is 23.6. The second-order valence-electron chi connectivity index (χ2n) is 6.21. The Balaban J connectivity index is 2.09. The minimum Gasteiger partial charge on any atom is -0.391 e. The van der Waals surface area contributed by atoms with Gasteiger partial charge in [0, 0.05) is 24.4 Å². The number of nitrogens with zero attached hydrogens (tertiary/aromatic N) is 2. The van der Waals surface area contributed by atoms with Crippen LogP contribution in [0.2, 0.25) is 0 Å². The number of benzene rings is 1. The molecule has 1 unspecified atom stereocenters. The van der Waals surface area contributed by atoms with Crippen molar-refractivity contribution in [2.75, 3.05) is 11.9 Å². The van der Waals surface area contributed by atoms with Crippen LogP contribution in [0.3, 0.4) is 0 Å². The topological polar surface area (TPSA) is 93.9 Å². The Morgan fingerprint density at radius 1 is 1.25 bits per heavy atom. The molecule has 2 rings (SSSR count). The van der Waals surface area contributed by atoms with Crippen molar-refractivity contribution in [3.05, 3.63) is 65.3 Å². The predicted molar refractivity (Wildman–Crippen MR) is 105 cm³/mol. The molecule has 1 atom stereocenters. The largest absolute Gasteiger partial charge is 0.391 e. The Kier molecular flexibility index (Phi) is 8.01. The lowest BCUT2D eigenvalue weighted by atomic mass is 10.2. The van der Waals surface area contributed by atoms with Gasteiger partial charge in [0.15, 0.2) is 17.5 Å². The molecule has 1 aromatic carbocycles. The number of hydrogen-bond donors (Lipinski definition) is 4. The van der Waals surface area contributed by atoms with E-state index in [0.29, 0.717) is 24.1 Å². The van der Waals surface area contributed by atoms with Crippen LogP contribution in [-0.2, 0) is 6.54 Å². The molecule has 0 saturated heterocycles. The molecule has 0 amide bonds. The van der Waals surface area contributed by atoms with Gasteiger partial charge in [0.25, 0.3) is 0 Å². The monoisotopic (exact) mass is 389 g/mol. The van der Waals surface area contributed by atoms with Crippen LogP contribution < -0.4 is 10.6 Å². The van der Waals surface area contributed by atoms with Gasteiger partial charge in [-0.3, -0.25) is 5.41 Å². The molecule has 8 heteroatoms. The number of hydrogen-bond acceptors (Lipinski definition) is 6. The summed E-state index contributed by atoms with van der Waals surface area (Å²) in [6, 6.07) is 6.47. The fourth-order valence-electron chi connectivity index (χ4n) is 2.35. The number of aliphatic hydroxyl groups excluding tert-OH is 1. The number of rotatable bonds is 10. The highest BCUT2D eigenvalue weighted by Gasteiger charge is 2.11. The van der Waals surface area contributed by atoms with E-state index in [1.54, 1.807) is 24.3 Å². The molecule has 1 aromatic heterocycles. The summed E-state index contributed by atoms with van der Waals surface area (Å²) in [6.45, 7) is 4.15. The second kappa shape index (κ2) is 10.5. The van der Waals surface area contributed by atoms with Gasteiger partial charge in [-0.1, -0.05) is 32.0 Å². The summed E-state index contributed by atoms with van der Waals surface area (Å²) in [5.41, 5.74) is 1.22. The van der Waals surface area contributed by atoms with E-state index in [9.17, 15) is 13.9 Å². The first-order chi connectivity index (χ1) is 13.4. The van der Waals surface area contributed by atoms with E-state index in [1.807, 2.05) is 13.8 Å². The first-order valence-electron chi connectivity index (χ1n) is 9.15. The average molecular weight is 389 g/mol. The minimum absolute atomic E-state index is 0.00280. The van der Waals surface area contributed by atoms with Crippen molar-refractivity contribution in [2.45, 2.75) is 39.3 Å². The molecule has 150 valence electrons. The van der Waals surface area contributed by atoms with Crippen LogP contribution in [0.4, 0.5) is 14.6 Å². The molecule has 6 nitrogen and oxygen atoms in total. The Bertz CT molecular complexity index is 841. The number of aromatic nitrogens is 2. The first-order valence-corrected chi connectivity index (χ1v) is 9.15. The number of nitrogens with one attached hydrogen (secondary N) is 3. The summed E-state index contributed by atoms with van der Waals surface area (Å²) in [5.74, 6) is -0.967. The van der Waals surface area contributed by atoms with Gasteiger partial charge in [0.2, 0.25) is 0 Å². The van der Waals surface area contributed by atoms with E-state index in [-0.39, 0.29) is 36.3 Å². The van der Waals surface area contributed by atoms with Crippen molar-refractivity contribution in [1.82, 2.24) is 15.3 Å². The van der Waals surface area contributed by atoms with Gasteiger partial charge in [0.1, 0.15) is 11.5 Å². The van der Waals surface area contributed by atoms with Crippen molar-refractivity contribution in [3.8, 4) is 0 Å². The quantitative estimate of drug-likeness (QED) is 0.468. The number of aliphatic hydroxyl groups is 1. The third-order valence-corrected chi connectivity index (χ3v) is 4.12. The maximum absolute atomic E-state index is 13.9. The lowest BCUT2D eigenvalue weighted by Crippen LogP contribution is -2.20. The molecule has 2 aromatic rings. The van der Waals surface area contributed by atoms with Crippen LogP contribution in [0.25, 0.3) is 0 Å². The van der Waals surface area contributed by atoms with Crippen LogP contribution >= 0.6 is 0 Å². The van der Waals surface area contributed by atoms with Gasteiger partial charge in [-0.15, -0.1) is 0 Å². The van der Waals surface area contributed by atoms with Crippen LogP contribution in [0.1, 0.15) is 38.1 Å². The lowest BCUT2D eigenvalue weighted by molar-refractivity contribution is 0.183. The highest BCUT2D eigenvalue weighted by Crippen LogP contribution is 2.12. The standard InChI is InChI=1S/C20H25F2N5O/c1-3-14(24-10-13-7-5-6-8-16(13)21)9-18(23)20-26-12-17(22)19(27-20)25-11-15(28)4-2/h5-9,12,15,23-24,28H,3-4,10-11H2,1-2H3,(H,25,26,27)/b14-9-,23-18?. The van der Waals surface area contributed by atoms with Crippen LogP contribution in [0.15, 0.2) is 42.2 Å². The molecule has 0 spiro atoms. The van der Waals surface area contributed by atoms with E-state index in [4.69, 9.17) is 5.41 Å². The molecule has 0 radical (unpaired) electrons. The summed E-state index contributed by atoms with van der Waals surface area (Å²) in [7, 11) is 0. The third-order valence-electron chi connectivity index (χ3n) is 4.12. The van der Waals surface area contributed by atoms with Crippen LogP contribution in [0.5, 0.6) is 0 Å². The van der Waals surface area contributed by atoms with E-state index in [0.717, 1.165) is 6.20 Å². The van der Waals surface area contributed by atoms with Gasteiger partial charge in [-0.05, 0) is 25.0 Å². The second-order valence-corrected chi connectivity index (χ2v) is 6.21. The average Bonchev–Trinajstić information content (AvgIpc) is 2.70. The maximum Gasteiger partial charge on any atom is 0.183 e. The summed E-state index contributed by atoms with van der Waals surface area (Å²) >= 11 is 0. The smallest absolute Gasteiger partial charge is 0.183 e. The maximum atomic E-state index is 13.9. The molecule has 0 aliphatic heterocycles. The van der Waals surface area contributed by atoms with Crippen LogP contribution in [0, 0.1) is 17.0 Å². The molecule has 0 bridgehead atoms. The van der Waals surface area contributed by atoms with Gasteiger partial charge < -0.3 is 15.7 Å². The number of halogens is 2. The number of anilines is 1. The molecule has 1 heterocycles. The number of allylic oxidation sites excluding steroid dienone is 2. The van der Waals surface area contributed by atoms with Crippen molar-refractivity contribution in [3.63, 3.8) is 0 Å². The highest BCUT2D eigenvalue weighted by atomic mass is 19.1. The summed E-state index contributed by atoms with van der Waals surface area (Å²) in [4.78, 5) is 7.89. The van der Waals surface area contributed by atoms with Crippen LogP contribution in [-0.4, -0.2) is 33.4 Å². The molecule has 0 aliphatic carbocycles. The lowest BCUT2D eigenvalue weighted by Gasteiger charge is -2.12. The Labute approximate surface area is 163 Å². The van der Waals surface area contributed by atoms with Crippen molar-refractivity contribution in [2.24, 2.45) is 0 Å². The summed E-state index contributed by atoms with van der Waals surface area (Å²) < 4.78 is 27.6. The normalized spacial score (nSPS) is 12.5. The zero-order chi connectivity index (χ0) is 20.5. The van der Waals surface area contributed by atoms with Gasteiger partial charge in [0.05, 0.1) is 12.3 Å². The van der Waals surface area contributed by atoms with E-state index < -0.39 is 11.9 Å². The molecule has 0 saturated carbocycles. The van der Waals surface area contributed by atoms with Gasteiger partial charge >= 0.3 is 0 Å². The summed E-state index contributed by atoms with van der Waals surface area (Å²) in [6.07, 6.45) is 3.03. The first kappa shape index (κ1) is 21.4. The molecule has 28 heavy (non-hydrogen) atoms. The molecular formula is C20H25F2N5O. The van der Waals surface area contributed by atoms with E-state index in [2.05, 4.69) is 20.6 Å². The van der Waals surface area contributed by atoms with Gasteiger partial charge in [-0.2, -0.15) is 0 Å². The molecule has 0 aliphatic rings. The Morgan fingerprint density at radius 2 is 2.00 bits per heavy atom. The zero-order valence-electron chi connectivity index (χ0n) is 16.0. The minimum atomic E-state index is -0.655. The Morgan fingerprint density at radius 3 is 2.68 bits per heavy atom.